The Bertz CT molecular complexity index is 319. The number of rotatable bonds is 4. The van der Waals surface area contributed by atoms with E-state index in [0.29, 0.717) is 5.88 Å². The lowest BCUT2D eigenvalue weighted by atomic mass is 10.1. The van der Waals surface area contributed by atoms with Gasteiger partial charge >= 0.3 is 0 Å². The molecule has 1 amide bonds. The van der Waals surface area contributed by atoms with Crippen molar-refractivity contribution >= 4 is 23.2 Å². The van der Waals surface area contributed by atoms with E-state index >= 15 is 0 Å². The van der Waals surface area contributed by atoms with Gasteiger partial charge in [0, 0.05) is 17.5 Å². The number of halogens is 1. The van der Waals surface area contributed by atoms with Crippen LogP contribution in [0.15, 0.2) is 24.3 Å². The highest BCUT2D eigenvalue weighted by Crippen LogP contribution is 2.11. The van der Waals surface area contributed by atoms with Crippen molar-refractivity contribution in [3.05, 3.63) is 29.8 Å². The maximum atomic E-state index is 11.4. The smallest absolute Gasteiger partial charge is 0.226 e. The molecule has 1 aromatic rings. The lowest BCUT2D eigenvalue weighted by Crippen LogP contribution is -2.17. The SMILES string of the molecule is CC(C)C(=O)Nc1ccc(CCCl)cc1. The molecule has 0 fully saturated rings. The summed E-state index contributed by atoms with van der Waals surface area (Å²) in [5.74, 6) is 0.671. The van der Waals surface area contributed by atoms with Crippen molar-refractivity contribution in [1.29, 1.82) is 0 Å². The van der Waals surface area contributed by atoms with Crippen molar-refractivity contribution in [2.45, 2.75) is 20.3 Å². The summed E-state index contributed by atoms with van der Waals surface area (Å²) in [6.07, 6.45) is 0.861. The molecule has 15 heavy (non-hydrogen) atoms. The average Bonchev–Trinajstić information content (AvgIpc) is 2.21. The summed E-state index contributed by atoms with van der Waals surface area (Å²) in [7, 11) is 0. The fourth-order valence-corrected chi connectivity index (χ4v) is 1.37. The summed E-state index contributed by atoms with van der Waals surface area (Å²) in [6, 6.07) is 7.78. The molecular weight excluding hydrogens is 210 g/mol. The van der Waals surface area contributed by atoms with Crippen molar-refractivity contribution in [2.75, 3.05) is 11.2 Å². The van der Waals surface area contributed by atoms with Crippen LogP contribution < -0.4 is 5.32 Å². The number of hydrogen-bond donors (Lipinski definition) is 1. The molecule has 0 heterocycles. The third-order valence-corrected chi connectivity index (χ3v) is 2.32. The van der Waals surface area contributed by atoms with Gasteiger partial charge in [0.1, 0.15) is 0 Å². The van der Waals surface area contributed by atoms with Crippen LogP contribution in [0.1, 0.15) is 19.4 Å². The van der Waals surface area contributed by atoms with Crippen LogP contribution in [0.2, 0.25) is 0 Å². The molecule has 1 N–H and O–H groups in total. The normalized spacial score (nSPS) is 10.4. The van der Waals surface area contributed by atoms with Crippen molar-refractivity contribution < 1.29 is 4.79 Å². The van der Waals surface area contributed by atoms with E-state index < -0.39 is 0 Å². The second-order valence-electron chi connectivity index (χ2n) is 3.78. The minimum absolute atomic E-state index is 0.00696. The topological polar surface area (TPSA) is 29.1 Å². The molecule has 0 aliphatic heterocycles. The van der Waals surface area contributed by atoms with Crippen LogP contribution in [0, 0.1) is 5.92 Å². The quantitative estimate of drug-likeness (QED) is 0.784. The van der Waals surface area contributed by atoms with Gasteiger partial charge in [-0.1, -0.05) is 26.0 Å². The molecule has 82 valence electrons. The Hall–Kier alpha value is -1.02. The van der Waals surface area contributed by atoms with Gasteiger partial charge in [-0.25, -0.2) is 0 Å². The Balaban J connectivity index is 2.60. The number of aryl methyl sites for hydroxylation is 1. The maximum absolute atomic E-state index is 11.4. The van der Waals surface area contributed by atoms with Gasteiger partial charge in [-0.15, -0.1) is 11.6 Å². The number of benzene rings is 1. The van der Waals surface area contributed by atoms with Gasteiger partial charge in [0.05, 0.1) is 0 Å². The van der Waals surface area contributed by atoms with Crippen LogP contribution in [-0.4, -0.2) is 11.8 Å². The molecule has 0 unspecified atom stereocenters. The molecule has 0 bridgehead atoms. The van der Waals surface area contributed by atoms with Gasteiger partial charge in [-0.2, -0.15) is 0 Å². The molecule has 0 radical (unpaired) electrons. The van der Waals surface area contributed by atoms with Gasteiger partial charge in [-0.05, 0) is 24.1 Å². The van der Waals surface area contributed by atoms with E-state index in [9.17, 15) is 4.79 Å². The second-order valence-corrected chi connectivity index (χ2v) is 4.16. The standard InChI is InChI=1S/C12H16ClNO/c1-9(2)12(15)14-11-5-3-10(4-6-11)7-8-13/h3-6,9H,7-8H2,1-2H3,(H,14,15). The van der Waals surface area contributed by atoms with Crippen molar-refractivity contribution in [1.82, 2.24) is 0 Å². The van der Waals surface area contributed by atoms with Crippen LogP contribution in [0.5, 0.6) is 0 Å². The van der Waals surface area contributed by atoms with Crippen LogP contribution in [-0.2, 0) is 11.2 Å². The summed E-state index contributed by atoms with van der Waals surface area (Å²) in [5, 5.41) is 2.84. The molecule has 0 aliphatic rings. The molecule has 0 aromatic heterocycles. The predicted octanol–water partition coefficient (Wildman–Crippen LogP) is 3.06. The number of carbonyl (C=O) groups excluding carboxylic acids is 1. The zero-order valence-electron chi connectivity index (χ0n) is 9.09. The van der Waals surface area contributed by atoms with Gasteiger partial charge in [0.15, 0.2) is 0 Å². The fourth-order valence-electron chi connectivity index (χ4n) is 1.15. The summed E-state index contributed by atoms with van der Waals surface area (Å²) in [5.41, 5.74) is 2.03. The third kappa shape index (κ3) is 3.92. The lowest BCUT2D eigenvalue weighted by Gasteiger charge is -2.08. The molecule has 2 nitrogen and oxygen atoms in total. The van der Waals surface area contributed by atoms with Crippen molar-refractivity contribution in [2.24, 2.45) is 5.92 Å². The number of alkyl halides is 1. The minimum atomic E-state index is 0.00696. The highest BCUT2D eigenvalue weighted by atomic mass is 35.5. The maximum Gasteiger partial charge on any atom is 0.226 e. The molecular formula is C12H16ClNO. The molecule has 1 aromatic carbocycles. The van der Waals surface area contributed by atoms with Crippen LogP contribution in [0.4, 0.5) is 5.69 Å². The van der Waals surface area contributed by atoms with Gasteiger partial charge in [0.2, 0.25) is 5.91 Å². The predicted molar refractivity (Wildman–Crippen MR) is 64.3 cm³/mol. The molecule has 0 saturated heterocycles. The summed E-state index contributed by atoms with van der Waals surface area (Å²) < 4.78 is 0. The van der Waals surface area contributed by atoms with Crippen LogP contribution in [0.3, 0.4) is 0 Å². The molecule has 0 aliphatic carbocycles. The van der Waals surface area contributed by atoms with E-state index in [4.69, 9.17) is 11.6 Å². The van der Waals surface area contributed by atoms with Crippen LogP contribution in [0.25, 0.3) is 0 Å². The first kappa shape index (κ1) is 12.1. The van der Waals surface area contributed by atoms with E-state index in [1.165, 1.54) is 5.56 Å². The highest BCUT2D eigenvalue weighted by Gasteiger charge is 2.06. The Morgan fingerprint density at radius 2 is 1.93 bits per heavy atom. The molecule has 0 spiro atoms. The Morgan fingerprint density at radius 1 is 1.33 bits per heavy atom. The fraction of sp³-hybridized carbons (Fsp3) is 0.417. The first-order valence-electron chi connectivity index (χ1n) is 5.09. The third-order valence-electron chi connectivity index (χ3n) is 2.13. The van der Waals surface area contributed by atoms with Crippen molar-refractivity contribution in [3.63, 3.8) is 0 Å². The molecule has 0 saturated carbocycles. The van der Waals surface area contributed by atoms with E-state index in [1.54, 1.807) is 0 Å². The van der Waals surface area contributed by atoms with E-state index in [0.717, 1.165) is 12.1 Å². The number of carbonyl (C=O) groups is 1. The summed E-state index contributed by atoms with van der Waals surface area (Å²) in [4.78, 5) is 11.4. The Kier molecular flexibility index (Phi) is 4.63. The summed E-state index contributed by atoms with van der Waals surface area (Å²) >= 11 is 5.63. The second kappa shape index (κ2) is 5.76. The van der Waals surface area contributed by atoms with Crippen LogP contribution >= 0.6 is 11.6 Å². The number of hydrogen-bond acceptors (Lipinski definition) is 1. The molecule has 1 rings (SSSR count). The Morgan fingerprint density at radius 3 is 2.40 bits per heavy atom. The first-order chi connectivity index (χ1) is 7.13. The highest BCUT2D eigenvalue weighted by molar-refractivity contribution is 6.17. The monoisotopic (exact) mass is 225 g/mol. The number of nitrogens with one attached hydrogen (secondary N) is 1. The van der Waals surface area contributed by atoms with Gasteiger partial charge in [0.25, 0.3) is 0 Å². The molecule has 3 heteroatoms. The largest absolute Gasteiger partial charge is 0.326 e. The first-order valence-corrected chi connectivity index (χ1v) is 5.62. The van der Waals surface area contributed by atoms with E-state index in [-0.39, 0.29) is 11.8 Å². The zero-order chi connectivity index (χ0) is 11.3. The minimum Gasteiger partial charge on any atom is -0.326 e. The zero-order valence-corrected chi connectivity index (χ0v) is 9.84. The Labute approximate surface area is 95.6 Å². The molecule has 0 atom stereocenters. The number of anilines is 1. The summed E-state index contributed by atoms with van der Waals surface area (Å²) in [6.45, 7) is 3.74. The van der Waals surface area contributed by atoms with Gasteiger partial charge < -0.3 is 5.32 Å². The van der Waals surface area contributed by atoms with Gasteiger partial charge in [-0.3, -0.25) is 4.79 Å². The van der Waals surface area contributed by atoms with E-state index in [2.05, 4.69) is 5.32 Å². The van der Waals surface area contributed by atoms with Crippen molar-refractivity contribution in [3.8, 4) is 0 Å². The number of amides is 1. The average molecular weight is 226 g/mol. The van der Waals surface area contributed by atoms with E-state index in [1.807, 2.05) is 38.1 Å². The lowest BCUT2D eigenvalue weighted by molar-refractivity contribution is -0.118.